The number of aliphatic hydroxyl groups is 1. The van der Waals surface area contributed by atoms with E-state index < -0.39 is 54.5 Å². The first kappa shape index (κ1) is 26.8. The molecule has 0 saturated carbocycles. The Morgan fingerprint density at radius 1 is 0.971 bits per heavy atom. The number of carboxylic acid groups (broad SMARTS) is 1. The van der Waals surface area contributed by atoms with Crippen LogP contribution >= 0.6 is 12.6 Å². The number of rotatable bonds is 13. The van der Waals surface area contributed by atoms with Crippen molar-refractivity contribution in [2.24, 2.45) is 5.73 Å². The standard InChI is InChI=1S/C21H28N6O6S/c22-14(7-13-8-23-11-24-13)18(29)27-17(10-34)20(31)26-16(9-28)19(30)25-15(21(32)33)6-12-4-2-1-3-5-12/h1-5,8,11,14-17,28,34H,6-7,9-10,22H2,(H,23,24)(H,25,30)(H,26,31)(H,27,29)(H,32,33). The van der Waals surface area contributed by atoms with Gasteiger partial charge in [0.2, 0.25) is 17.7 Å². The van der Waals surface area contributed by atoms with Crippen molar-refractivity contribution in [2.45, 2.75) is 37.0 Å². The fourth-order valence-corrected chi connectivity index (χ4v) is 3.24. The number of aromatic nitrogens is 2. The number of H-pyrrole nitrogens is 1. The van der Waals surface area contributed by atoms with E-state index in [9.17, 15) is 29.4 Å². The summed E-state index contributed by atoms with van der Waals surface area (Å²) >= 11 is 4.06. The summed E-state index contributed by atoms with van der Waals surface area (Å²) in [5.41, 5.74) is 7.18. The van der Waals surface area contributed by atoms with Gasteiger partial charge >= 0.3 is 5.97 Å². The number of hydrogen-bond acceptors (Lipinski definition) is 8. The molecule has 1 heterocycles. The number of nitrogens with two attached hydrogens (primary N) is 1. The lowest BCUT2D eigenvalue weighted by Crippen LogP contribution is -2.58. The van der Waals surface area contributed by atoms with Gasteiger partial charge in [0.05, 0.1) is 19.0 Å². The number of carboxylic acids is 1. The molecule has 3 amide bonds. The molecule has 4 unspecified atom stereocenters. The summed E-state index contributed by atoms with van der Waals surface area (Å²) in [6.07, 6.45) is 3.13. The molecule has 0 fully saturated rings. The number of aromatic amines is 1. The average molecular weight is 493 g/mol. The van der Waals surface area contributed by atoms with Crippen LogP contribution in [0.25, 0.3) is 0 Å². The summed E-state index contributed by atoms with van der Waals surface area (Å²) in [5, 5.41) is 26.1. The molecule has 12 nitrogen and oxygen atoms in total. The number of aliphatic carboxylic acids is 1. The molecule has 2 aromatic rings. The van der Waals surface area contributed by atoms with Crippen LogP contribution in [-0.2, 0) is 32.0 Å². The second-order valence-electron chi connectivity index (χ2n) is 7.46. The average Bonchev–Trinajstić information content (AvgIpc) is 3.33. The first-order valence-corrected chi connectivity index (χ1v) is 11.0. The molecule has 184 valence electrons. The van der Waals surface area contributed by atoms with E-state index >= 15 is 0 Å². The van der Waals surface area contributed by atoms with Gasteiger partial charge in [0, 0.05) is 30.5 Å². The van der Waals surface area contributed by atoms with Crippen molar-refractivity contribution in [3.63, 3.8) is 0 Å². The summed E-state index contributed by atoms with van der Waals surface area (Å²) in [5.74, 6) is -3.69. The molecule has 0 radical (unpaired) electrons. The van der Waals surface area contributed by atoms with Crippen LogP contribution in [0.4, 0.5) is 0 Å². The normalized spacial score (nSPS) is 14.3. The van der Waals surface area contributed by atoms with Gasteiger partial charge < -0.3 is 36.9 Å². The molecule has 8 N–H and O–H groups in total. The van der Waals surface area contributed by atoms with Crippen molar-refractivity contribution in [2.75, 3.05) is 12.4 Å². The molecular weight excluding hydrogens is 464 g/mol. The van der Waals surface area contributed by atoms with Crippen LogP contribution in [0.15, 0.2) is 42.9 Å². The van der Waals surface area contributed by atoms with Crippen LogP contribution < -0.4 is 21.7 Å². The molecule has 0 saturated heterocycles. The number of amides is 3. The lowest BCUT2D eigenvalue weighted by Gasteiger charge is -2.23. The third-order valence-corrected chi connectivity index (χ3v) is 5.22. The minimum Gasteiger partial charge on any atom is -0.480 e. The predicted molar refractivity (Wildman–Crippen MR) is 125 cm³/mol. The van der Waals surface area contributed by atoms with Gasteiger partial charge in [0.25, 0.3) is 0 Å². The second kappa shape index (κ2) is 13.3. The highest BCUT2D eigenvalue weighted by Crippen LogP contribution is 2.04. The quantitative estimate of drug-likeness (QED) is 0.146. The zero-order valence-electron chi connectivity index (χ0n) is 18.2. The lowest BCUT2D eigenvalue weighted by molar-refractivity contribution is -0.142. The molecule has 0 aliphatic rings. The monoisotopic (exact) mass is 492 g/mol. The Hall–Kier alpha value is -3.42. The SMILES string of the molecule is NC(Cc1cnc[nH]1)C(=O)NC(CS)C(=O)NC(CO)C(=O)NC(Cc1ccccc1)C(=O)O. The number of imidazole rings is 1. The molecule has 0 aliphatic heterocycles. The predicted octanol–water partition coefficient (Wildman–Crippen LogP) is -2.02. The lowest BCUT2D eigenvalue weighted by atomic mass is 10.1. The molecule has 1 aromatic heterocycles. The maximum Gasteiger partial charge on any atom is 0.326 e. The van der Waals surface area contributed by atoms with Crippen LogP contribution in [0.3, 0.4) is 0 Å². The smallest absolute Gasteiger partial charge is 0.326 e. The Morgan fingerprint density at radius 2 is 1.59 bits per heavy atom. The summed E-state index contributed by atoms with van der Waals surface area (Å²) in [6.45, 7) is -0.790. The van der Waals surface area contributed by atoms with Gasteiger partial charge in [-0.1, -0.05) is 30.3 Å². The van der Waals surface area contributed by atoms with Crippen molar-refractivity contribution < 1.29 is 29.4 Å². The van der Waals surface area contributed by atoms with E-state index in [4.69, 9.17) is 5.73 Å². The third kappa shape index (κ3) is 8.17. The van der Waals surface area contributed by atoms with Gasteiger partial charge in [-0.2, -0.15) is 12.6 Å². The van der Waals surface area contributed by atoms with E-state index in [1.165, 1.54) is 12.5 Å². The molecule has 4 atom stereocenters. The van der Waals surface area contributed by atoms with E-state index in [0.29, 0.717) is 11.3 Å². The molecular formula is C21H28N6O6S. The molecule has 13 heteroatoms. The number of benzene rings is 1. The zero-order valence-corrected chi connectivity index (χ0v) is 19.1. The highest BCUT2D eigenvalue weighted by atomic mass is 32.1. The number of aliphatic hydroxyl groups excluding tert-OH is 1. The molecule has 0 bridgehead atoms. The van der Waals surface area contributed by atoms with Gasteiger partial charge in [-0.3, -0.25) is 14.4 Å². The summed E-state index contributed by atoms with van der Waals surface area (Å²) in [7, 11) is 0. The van der Waals surface area contributed by atoms with E-state index in [0.717, 1.165) is 0 Å². The van der Waals surface area contributed by atoms with Crippen LogP contribution in [0.2, 0.25) is 0 Å². The first-order valence-electron chi connectivity index (χ1n) is 10.4. The first-order chi connectivity index (χ1) is 16.2. The van der Waals surface area contributed by atoms with Gasteiger partial charge in [-0.25, -0.2) is 9.78 Å². The fourth-order valence-electron chi connectivity index (χ4n) is 2.99. The van der Waals surface area contributed by atoms with Gasteiger partial charge in [0.15, 0.2) is 0 Å². The van der Waals surface area contributed by atoms with E-state index in [1.807, 2.05) is 0 Å². The largest absolute Gasteiger partial charge is 0.480 e. The highest BCUT2D eigenvalue weighted by molar-refractivity contribution is 7.80. The molecule has 0 aliphatic carbocycles. The third-order valence-electron chi connectivity index (χ3n) is 4.86. The van der Waals surface area contributed by atoms with Gasteiger partial charge in [-0.15, -0.1) is 0 Å². The van der Waals surface area contributed by atoms with Gasteiger partial charge in [0.1, 0.15) is 18.1 Å². The fraction of sp³-hybridized carbons (Fsp3) is 0.381. The Balaban J connectivity index is 1.95. The maximum absolute atomic E-state index is 12.6. The van der Waals surface area contributed by atoms with Crippen molar-refractivity contribution in [3.05, 3.63) is 54.1 Å². The molecule has 1 aromatic carbocycles. The Morgan fingerprint density at radius 3 is 2.15 bits per heavy atom. The Bertz CT molecular complexity index is 958. The van der Waals surface area contributed by atoms with E-state index in [-0.39, 0.29) is 18.6 Å². The number of nitrogens with zero attached hydrogens (tertiary/aromatic N) is 1. The summed E-state index contributed by atoms with van der Waals surface area (Å²) in [4.78, 5) is 55.7. The molecule has 0 spiro atoms. The zero-order chi connectivity index (χ0) is 25.1. The van der Waals surface area contributed by atoms with Crippen molar-refractivity contribution in [1.82, 2.24) is 25.9 Å². The highest BCUT2D eigenvalue weighted by Gasteiger charge is 2.29. The Kier molecular flexibility index (Phi) is 10.5. The number of carbonyl (C=O) groups excluding carboxylic acids is 3. The minimum atomic E-state index is -1.44. The van der Waals surface area contributed by atoms with Gasteiger partial charge in [-0.05, 0) is 5.56 Å². The topological polar surface area (TPSA) is 200 Å². The second-order valence-corrected chi connectivity index (χ2v) is 7.83. The number of carbonyl (C=O) groups is 4. The van der Waals surface area contributed by atoms with Crippen LogP contribution in [0.1, 0.15) is 11.3 Å². The van der Waals surface area contributed by atoms with Crippen molar-refractivity contribution in [1.29, 1.82) is 0 Å². The van der Waals surface area contributed by atoms with Crippen LogP contribution in [0, 0.1) is 0 Å². The molecule has 2 rings (SSSR count). The van der Waals surface area contributed by atoms with Crippen LogP contribution in [-0.4, -0.2) is 80.4 Å². The van der Waals surface area contributed by atoms with Crippen molar-refractivity contribution in [3.8, 4) is 0 Å². The Labute approximate surface area is 201 Å². The number of nitrogens with one attached hydrogen (secondary N) is 4. The summed E-state index contributed by atoms with van der Waals surface area (Å²) in [6, 6.07) is 3.83. The molecule has 34 heavy (non-hydrogen) atoms. The van der Waals surface area contributed by atoms with E-state index in [2.05, 4.69) is 38.5 Å². The minimum absolute atomic E-state index is 0.0115. The van der Waals surface area contributed by atoms with E-state index in [1.54, 1.807) is 30.3 Å². The number of thiol groups is 1. The summed E-state index contributed by atoms with van der Waals surface area (Å²) < 4.78 is 0. The van der Waals surface area contributed by atoms with Crippen LogP contribution in [0.5, 0.6) is 0 Å². The number of hydrogen-bond donors (Lipinski definition) is 8. The maximum atomic E-state index is 12.6. The van der Waals surface area contributed by atoms with Crippen molar-refractivity contribution >= 4 is 36.3 Å².